The van der Waals surface area contributed by atoms with E-state index < -0.39 is 17.2 Å². The summed E-state index contributed by atoms with van der Waals surface area (Å²) in [6, 6.07) is 9.30. The Balaban J connectivity index is 0.00000225. The monoisotopic (exact) mass is 431 g/mol. The Morgan fingerprint density at radius 1 is 1.04 bits per heavy atom. The molecule has 0 aliphatic heterocycles. The summed E-state index contributed by atoms with van der Waals surface area (Å²) in [7, 11) is 1.70. The van der Waals surface area contributed by atoms with E-state index in [-0.39, 0.29) is 34.6 Å². The average molecular weight is 432 g/mol. The van der Waals surface area contributed by atoms with Gasteiger partial charge in [-0.1, -0.05) is 23.7 Å². The van der Waals surface area contributed by atoms with Crippen LogP contribution < -0.4 is 0 Å². The number of alkyl halides is 3. The second-order valence-corrected chi connectivity index (χ2v) is 7.09. The average Bonchev–Trinajstić information content (AvgIpc) is 3.32. The second kappa shape index (κ2) is 7.04. The van der Waals surface area contributed by atoms with E-state index in [4.69, 9.17) is 11.6 Å². The second-order valence-electron chi connectivity index (χ2n) is 6.69. The van der Waals surface area contributed by atoms with Crippen molar-refractivity contribution in [2.24, 2.45) is 7.05 Å². The van der Waals surface area contributed by atoms with E-state index in [1.165, 1.54) is 18.2 Å². The topological polar surface area (TPSA) is 30.7 Å². The number of benzene rings is 2. The van der Waals surface area contributed by atoms with Gasteiger partial charge in [0.05, 0.1) is 16.0 Å². The molecule has 0 radical (unpaired) electrons. The number of halogens is 6. The fourth-order valence-electron chi connectivity index (χ4n) is 3.39. The van der Waals surface area contributed by atoms with E-state index >= 15 is 0 Å². The molecule has 1 saturated carbocycles. The van der Waals surface area contributed by atoms with Crippen LogP contribution in [0.5, 0.6) is 0 Å². The molecule has 2 aromatic carbocycles. The first kappa shape index (κ1) is 20.6. The Bertz CT molecular complexity index is 1010. The summed E-state index contributed by atoms with van der Waals surface area (Å²) < 4.78 is 54.1. The van der Waals surface area contributed by atoms with Crippen LogP contribution in [0, 0.1) is 5.82 Å². The first-order valence-corrected chi connectivity index (χ1v) is 8.63. The van der Waals surface area contributed by atoms with E-state index in [1.807, 2.05) is 0 Å². The molecule has 1 aliphatic carbocycles. The third kappa shape index (κ3) is 3.37. The molecular weight excluding hydrogens is 417 g/mol. The molecule has 1 aliphatic rings. The van der Waals surface area contributed by atoms with Crippen molar-refractivity contribution < 1.29 is 17.6 Å². The Morgan fingerprint density at radius 3 is 2.25 bits per heavy atom. The number of hydrogen-bond donors (Lipinski definition) is 0. The molecular formula is C19H15Cl2F4N3. The highest BCUT2D eigenvalue weighted by Crippen LogP contribution is 2.53. The molecule has 0 atom stereocenters. The van der Waals surface area contributed by atoms with Gasteiger partial charge in [-0.2, -0.15) is 13.2 Å². The molecule has 28 heavy (non-hydrogen) atoms. The zero-order valence-electron chi connectivity index (χ0n) is 14.6. The van der Waals surface area contributed by atoms with Crippen molar-refractivity contribution >= 4 is 24.0 Å². The molecule has 0 amide bonds. The fraction of sp³-hybridized carbons (Fsp3) is 0.263. The predicted octanol–water partition coefficient (Wildman–Crippen LogP) is 5.80. The highest BCUT2D eigenvalue weighted by Gasteiger charge is 2.50. The molecule has 3 nitrogen and oxygen atoms in total. The Morgan fingerprint density at radius 2 is 1.68 bits per heavy atom. The van der Waals surface area contributed by atoms with Gasteiger partial charge in [0, 0.05) is 12.6 Å². The van der Waals surface area contributed by atoms with Crippen LogP contribution in [0.4, 0.5) is 17.6 Å². The third-order valence-corrected chi connectivity index (χ3v) is 5.31. The summed E-state index contributed by atoms with van der Waals surface area (Å²) in [5.74, 6) is 0.552. The van der Waals surface area contributed by atoms with Crippen molar-refractivity contribution in [2.45, 2.75) is 24.4 Å². The number of hydrogen-bond acceptors (Lipinski definition) is 2. The van der Waals surface area contributed by atoms with Crippen molar-refractivity contribution in [1.29, 1.82) is 0 Å². The van der Waals surface area contributed by atoms with Crippen molar-refractivity contribution in [3.63, 3.8) is 0 Å². The predicted molar refractivity (Wildman–Crippen MR) is 100 cm³/mol. The minimum Gasteiger partial charge on any atom is -0.313 e. The van der Waals surface area contributed by atoms with Gasteiger partial charge in [-0.15, -0.1) is 22.6 Å². The van der Waals surface area contributed by atoms with Gasteiger partial charge in [0.1, 0.15) is 11.6 Å². The summed E-state index contributed by atoms with van der Waals surface area (Å²) in [5.41, 5.74) is -0.128. The van der Waals surface area contributed by atoms with Gasteiger partial charge in [-0.05, 0) is 48.7 Å². The van der Waals surface area contributed by atoms with Crippen molar-refractivity contribution in [2.75, 3.05) is 0 Å². The minimum atomic E-state index is -4.48. The van der Waals surface area contributed by atoms with Gasteiger partial charge in [-0.3, -0.25) is 0 Å². The van der Waals surface area contributed by atoms with Crippen LogP contribution in [-0.4, -0.2) is 14.8 Å². The summed E-state index contributed by atoms with van der Waals surface area (Å²) >= 11 is 6.14. The number of nitrogens with zero attached hydrogens (tertiary/aromatic N) is 3. The molecule has 4 rings (SSSR count). The molecule has 0 saturated heterocycles. The fourth-order valence-corrected chi connectivity index (χ4v) is 3.59. The molecule has 1 aromatic heterocycles. The summed E-state index contributed by atoms with van der Waals surface area (Å²) in [6.07, 6.45) is -2.87. The highest BCUT2D eigenvalue weighted by molar-refractivity contribution is 6.33. The molecule has 9 heteroatoms. The Labute approximate surface area is 169 Å². The van der Waals surface area contributed by atoms with E-state index in [2.05, 4.69) is 10.2 Å². The Kier molecular flexibility index (Phi) is 5.18. The van der Waals surface area contributed by atoms with Crippen LogP contribution in [0.15, 0.2) is 42.5 Å². The standard InChI is InChI=1S/C19H14ClF4N3.ClH/c1-27-16(14-10-12(19(22,23)24)4-7-15(14)20)25-26-17(27)18(8-9-18)11-2-5-13(21)6-3-11;/h2-7,10H,8-9H2,1H3;1H. The van der Waals surface area contributed by atoms with Crippen LogP contribution in [0.1, 0.15) is 29.8 Å². The first-order chi connectivity index (χ1) is 12.7. The maximum absolute atomic E-state index is 13.2. The van der Waals surface area contributed by atoms with Crippen molar-refractivity contribution in [3.05, 3.63) is 70.3 Å². The van der Waals surface area contributed by atoms with Gasteiger partial charge in [0.15, 0.2) is 5.82 Å². The maximum atomic E-state index is 13.2. The quantitative estimate of drug-likeness (QED) is 0.491. The molecule has 0 N–H and O–H groups in total. The van der Waals surface area contributed by atoms with Crippen molar-refractivity contribution in [1.82, 2.24) is 14.8 Å². The molecule has 1 fully saturated rings. The first-order valence-electron chi connectivity index (χ1n) is 8.25. The summed E-state index contributed by atoms with van der Waals surface area (Å²) in [5, 5.41) is 8.51. The normalized spacial score (nSPS) is 15.2. The largest absolute Gasteiger partial charge is 0.416 e. The molecule has 3 aromatic rings. The SMILES string of the molecule is Cl.Cn1c(-c2cc(C(F)(F)F)ccc2Cl)nnc1C1(c2ccc(F)cc2)CC1. The third-order valence-electron chi connectivity index (χ3n) is 4.98. The van der Waals surface area contributed by atoms with E-state index in [0.717, 1.165) is 30.5 Å². The van der Waals surface area contributed by atoms with E-state index in [1.54, 1.807) is 23.7 Å². The minimum absolute atomic E-state index is 0. The summed E-state index contributed by atoms with van der Waals surface area (Å²) in [6.45, 7) is 0. The molecule has 0 bridgehead atoms. The van der Waals surface area contributed by atoms with E-state index in [0.29, 0.717) is 5.82 Å². The van der Waals surface area contributed by atoms with Gasteiger partial charge in [-0.25, -0.2) is 4.39 Å². The van der Waals surface area contributed by atoms with Gasteiger partial charge in [0.25, 0.3) is 0 Å². The van der Waals surface area contributed by atoms with Gasteiger partial charge in [0.2, 0.25) is 0 Å². The molecule has 148 valence electrons. The lowest BCUT2D eigenvalue weighted by molar-refractivity contribution is -0.137. The zero-order chi connectivity index (χ0) is 19.4. The molecule has 0 spiro atoms. The zero-order valence-corrected chi connectivity index (χ0v) is 16.2. The number of rotatable bonds is 3. The van der Waals surface area contributed by atoms with Crippen LogP contribution >= 0.6 is 24.0 Å². The molecule has 0 unspecified atom stereocenters. The van der Waals surface area contributed by atoms with Gasteiger partial charge < -0.3 is 4.57 Å². The van der Waals surface area contributed by atoms with Crippen LogP contribution in [-0.2, 0) is 18.6 Å². The maximum Gasteiger partial charge on any atom is 0.416 e. The van der Waals surface area contributed by atoms with Crippen LogP contribution in [0.25, 0.3) is 11.4 Å². The highest BCUT2D eigenvalue weighted by atomic mass is 35.5. The van der Waals surface area contributed by atoms with E-state index in [9.17, 15) is 17.6 Å². The van der Waals surface area contributed by atoms with Crippen LogP contribution in [0.3, 0.4) is 0 Å². The molecule has 1 heterocycles. The van der Waals surface area contributed by atoms with Crippen molar-refractivity contribution in [3.8, 4) is 11.4 Å². The van der Waals surface area contributed by atoms with Gasteiger partial charge >= 0.3 is 6.18 Å². The summed E-state index contributed by atoms with van der Waals surface area (Å²) in [4.78, 5) is 0. The van der Waals surface area contributed by atoms with Crippen LogP contribution in [0.2, 0.25) is 5.02 Å². The Hall–Kier alpha value is -2.12. The lowest BCUT2D eigenvalue weighted by atomic mass is 9.95. The lowest BCUT2D eigenvalue weighted by Crippen LogP contribution is -2.15. The smallest absolute Gasteiger partial charge is 0.313 e. The lowest BCUT2D eigenvalue weighted by Gasteiger charge is -2.16. The number of aromatic nitrogens is 3.